The summed E-state index contributed by atoms with van der Waals surface area (Å²) in [6.45, 7) is 4.24. The maximum atomic E-state index is 6.51. The molecule has 3 aromatic rings. The Bertz CT molecular complexity index is 1030. The lowest BCUT2D eigenvalue weighted by atomic mass is 10.2. The highest BCUT2D eigenvalue weighted by Gasteiger charge is 2.12. The van der Waals surface area contributed by atoms with Gasteiger partial charge in [0.1, 0.15) is 6.61 Å². The Kier molecular flexibility index (Phi) is 9.74. The number of nitrogens with zero attached hydrogens (tertiary/aromatic N) is 4. The van der Waals surface area contributed by atoms with Gasteiger partial charge in [-0.05, 0) is 59.6 Å². The first-order valence-electron chi connectivity index (χ1n) is 10.1. The van der Waals surface area contributed by atoms with E-state index < -0.39 is 0 Å². The highest BCUT2D eigenvalue weighted by molar-refractivity contribution is 7.99. The lowest BCUT2D eigenvalue weighted by Gasteiger charge is -2.15. The first kappa shape index (κ1) is 24.9. The number of rotatable bonds is 12. The summed E-state index contributed by atoms with van der Waals surface area (Å²) in [4.78, 5) is 0. The first-order valence-corrected chi connectivity index (χ1v) is 12.2. The Hall–Kier alpha value is -1.71. The van der Waals surface area contributed by atoms with Crippen molar-refractivity contribution in [1.82, 2.24) is 25.5 Å². The Labute approximate surface area is 206 Å². The fourth-order valence-corrected chi connectivity index (χ4v) is 4.14. The highest BCUT2D eigenvalue weighted by Crippen LogP contribution is 2.34. The number of tetrazole rings is 1. The van der Waals surface area contributed by atoms with Gasteiger partial charge in [-0.3, -0.25) is 0 Å². The molecular formula is C21H24Cl3N5O2S. The third-order valence-electron chi connectivity index (χ3n) is 4.42. The molecule has 0 amide bonds. The van der Waals surface area contributed by atoms with E-state index in [1.54, 1.807) is 34.6 Å². The topological polar surface area (TPSA) is 74.1 Å². The van der Waals surface area contributed by atoms with Crippen LogP contribution in [-0.2, 0) is 20.2 Å². The van der Waals surface area contributed by atoms with Crippen LogP contribution in [0.1, 0.15) is 24.5 Å². The Morgan fingerprint density at radius 1 is 1.03 bits per heavy atom. The molecule has 1 aromatic heterocycles. The van der Waals surface area contributed by atoms with E-state index in [1.807, 2.05) is 26.1 Å². The van der Waals surface area contributed by atoms with Crippen LogP contribution in [0.5, 0.6) is 11.5 Å². The van der Waals surface area contributed by atoms with Crippen LogP contribution >= 0.6 is 46.6 Å². The summed E-state index contributed by atoms with van der Waals surface area (Å²) >= 11 is 20.2. The largest absolute Gasteiger partial charge is 0.490 e. The molecule has 0 radical (unpaired) electrons. The van der Waals surface area contributed by atoms with Crippen molar-refractivity contribution in [2.45, 2.75) is 31.7 Å². The molecule has 0 saturated carbocycles. The van der Waals surface area contributed by atoms with Crippen molar-refractivity contribution in [2.24, 2.45) is 7.05 Å². The SMILES string of the molecule is CCOc1cc(CNCCCSc2nnnn2C)c(Cl)cc1OCc1ccc(Cl)c(Cl)c1. The van der Waals surface area contributed by atoms with Crippen LogP contribution in [0.4, 0.5) is 0 Å². The number of ether oxygens (including phenoxy) is 2. The zero-order valence-corrected chi connectivity index (χ0v) is 20.9. The van der Waals surface area contributed by atoms with Crippen molar-refractivity contribution >= 4 is 46.6 Å². The fraction of sp³-hybridized carbons (Fsp3) is 0.381. The molecule has 0 aliphatic rings. The number of hydrogen-bond donors (Lipinski definition) is 1. The summed E-state index contributed by atoms with van der Waals surface area (Å²) in [6, 6.07) is 9.11. The maximum Gasteiger partial charge on any atom is 0.209 e. The predicted molar refractivity (Wildman–Crippen MR) is 129 cm³/mol. The standard InChI is InChI=1S/C21H24Cl3N5O2S/c1-3-30-19-10-15(12-25-7-4-8-32-21-26-27-28-29(21)2)17(23)11-20(19)31-13-14-5-6-16(22)18(24)9-14/h5-6,9-11,25H,3-4,7-8,12-13H2,1-2H3. The molecule has 0 aliphatic carbocycles. The number of hydrogen-bond acceptors (Lipinski definition) is 7. The molecule has 0 fully saturated rings. The molecular weight excluding hydrogens is 493 g/mol. The Morgan fingerprint density at radius 3 is 2.56 bits per heavy atom. The molecule has 0 bridgehead atoms. The minimum Gasteiger partial charge on any atom is -0.490 e. The van der Waals surface area contributed by atoms with Gasteiger partial charge in [-0.2, -0.15) is 0 Å². The van der Waals surface area contributed by atoms with E-state index in [2.05, 4.69) is 20.8 Å². The van der Waals surface area contributed by atoms with Crippen molar-refractivity contribution in [1.29, 1.82) is 0 Å². The minimum absolute atomic E-state index is 0.323. The summed E-state index contributed by atoms with van der Waals surface area (Å²) in [5.74, 6) is 2.15. The van der Waals surface area contributed by atoms with Crippen molar-refractivity contribution < 1.29 is 9.47 Å². The van der Waals surface area contributed by atoms with Crippen molar-refractivity contribution in [3.05, 3.63) is 56.5 Å². The number of nitrogens with one attached hydrogen (secondary N) is 1. The van der Waals surface area contributed by atoms with Crippen molar-refractivity contribution in [2.75, 3.05) is 18.9 Å². The van der Waals surface area contributed by atoms with Crippen LogP contribution in [0, 0.1) is 0 Å². The minimum atomic E-state index is 0.323. The van der Waals surface area contributed by atoms with E-state index in [0.29, 0.717) is 46.3 Å². The zero-order valence-electron chi connectivity index (χ0n) is 17.8. The number of halogens is 3. The first-order chi connectivity index (χ1) is 15.5. The van der Waals surface area contributed by atoms with Crippen molar-refractivity contribution in [3.8, 4) is 11.5 Å². The van der Waals surface area contributed by atoms with Gasteiger partial charge in [-0.1, -0.05) is 52.6 Å². The van der Waals surface area contributed by atoms with Crippen molar-refractivity contribution in [3.63, 3.8) is 0 Å². The summed E-state index contributed by atoms with van der Waals surface area (Å²) in [6.07, 6.45) is 0.971. The maximum absolute atomic E-state index is 6.51. The fourth-order valence-electron chi connectivity index (χ4n) is 2.81. The Morgan fingerprint density at radius 2 is 1.84 bits per heavy atom. The third kappa shape index (κ3) is 7.15. The summed E-state index contributed by atoms with van der Waals surface area (Å²) < 4.78 is 13.4. The predicted octanol–water partition coefficient (Wildman–Crippen LogP) is 5.42. The molecule has 1 heterocycles. The quantitative estimate of drug-likeness (QED) is 0.254. The molecule has 3 rings (SSSR count). The van der Waals surface area contributed by atoms with Gasteiger partial charge in [0.2, 0.25) is 5.16 Å². The van der Waals surface area contributed by atoms with E-state index in [1.165, 1.54) is 0 Å². The highest BCUT2D eigenvalue weighted by atomic mass is 35.5. The number of benzene rings is 2. The van der Waals surface area contributed by atoms with Gasteiger partial charge in [-0.15, -0.1) is 5.10 Å². The van der Waals surface area contributed by atoms with E-state index >= 15 is 0 Å². The van der Waals surface area contributed by atoms with Crippen LogP contribution in [-0.4, -0.2) is 39.1 Å². The summed E-state index contributed by atoms with van der Waals surface area (Å²) in [5, 5.41) is 17.3. The molecule has 7 nitrogen and oxygen atoms in total. The van der Waals surface area contributed by atoms with Crippen LogP contribution in [0.3, 0.4) is 0 Å². The second-order valence-corrected chi connectivity index (χ2v) is 9.11. The lowest BCUT2D eigenvalue weighted by Crippen LogP contribution is -2.16. The monoisotopic (exact) mass is 515 g/mol. The molecule has 172 valence electrons. The third-order valence-corrected chi connectivity index (χ3v) is 6.60. The van der Waals surface area contributed by atoms with Gasteiger partial charge >= 0.3 is 0 Å². The molecule has 2 aromatic carbocycles. The zero-order chi connectivity index (χ0) is 22.9. The van der Waals surface area contributed by atoms with E-state index in [0.717, 1.165) is 35.0 Å². The molecule has 1 N–H and O–H groups in total. The second-order valence-electron chi connectivity index (χ2n) is 6.82. The molecule has 0 saturated heterocycles. The van der Waals surface area contributed by atoms with Gasteiger partial charge in [0.25, 0.3) is 0 Å². The molecule has 0 atom stereocenters. The number of aryl methyl sites for hydroxylation is 1. The van der Waals surface area contributed by atoms with Gasteiger partial charge in [0.15, 0.2) is 11.5 Å². The second kappa shape index (κ2) is 12.5. The van der Waals surface area contributed by atoms with Gasteiger partial charge in [0.05, 0.1) is 16.7 Å². The van der Waals surface area contributed by atoms with Gasteiger partial charge in [0, 0.05) is 30.4 Å². The van der Waals surface area contributed by atoms with Crippen LogP contribution in [0.15, 0.2) is 35.5 Å². The molecule has 0 aliphatic heterocycles. The lowest BCUT2D eigenvalue weighted by molar-refractivity contribution is 0.269. The van der Waals surface area contributed by atoms with Crippen LogP contribution < -0.4 is 14.8 Å². The molecule has 11 heteroatoms. The molecule has 0 unspecified atom stereocenters. The Balaban J connectivity index is 1.53. The summed E-state index contributed by atoms with van der Waals surface area (Å²) in [7, 11) is 1.83. The molecule has 0 spiro atoms. The molecule has 32 heavy (non-hydrogen) atoms. The number of thioether (sulfide) groups is 1. The normalized spacial score (nSPS) is 11.0. The van der Waals surface area contributed by atoms with E-state index in [-0.39, 0.29) is 0 Å². The van der Waals surface area contributed by atoms with Gasteiger partial charge < -0.3 is 14.8 Å². The van der Waals surface area contributed by atoms with Crippen LogP contribution in [0.25, 0.3) is 0 Å². The van der Waals surface area contributed by atoms with Gasteiger partial charge in [-0.25, -0.2) is 4.68 Å². The summed E-state index contributed by atoms with van der Waals surface area (Å²) in [5.41, 5.74) is 1.85. The average Bonchev–Trinajstić information content (AvgIpc) is 3.18. The smallest absolute Gasteiger partial charge is 0.209 e. The van der Waals surface area contributed by atoms with E-state index in [9.17, 15) is 0 Å². The van der Waals surface area contributed by atoms with Crippen LogP contribution in [0.2, 0.25) is 15.1 Å². The average molecular weight is 517 g/mol. The number of aromatic nitrogens is 4. The van der Waals surface area contributed by atoms with E-state index in [4.69, 9.17) is 44.3 Å².